The molecule has 7 N–H and O–H groups in total. The van der Waals surface area contributed by atoms with Gasteiger partial charge in [0.2, 0.25) is 0 Å². The number of fused-ring (bicyclic) bond motifs is 1. The second kappa shape index (κ2) is 5.15. The minimum absolute atomic E-state index is 0. The zero-order valence-corrected chi connectivity index (χ0v) is 7.58. The Labute approximate surface area is 84.3 Å². The van der Waals surface area contributed by atoms with E-state index in [2.05, 4.69) is 17.0 Å². The Morgan fingerprint density at radius 3 is 2.40 bits per heavy atom. The summed E-state index contributed by atoms with van der Waals surface area (Å²) in [5.74, 6) is 6.11. The maximum atomic E-state index is 12.6. The van der Waals surface area contributed by atoms with Crippen LogP contribution in [0.15, 0.2) is 18.2 Å². The summed E-state index contributed by atoms with van der Waals surface area (Å²) in [4.78, 5) is 21.7. The van der Waals surface area contributed by atoms with Crippen molar-refractivity contribution in [3.05, 3.63) is 29.6 Å². The number of nitrogens with two attached hydrogens (primary N) is 2. The first-order valence-electron chi connectivity index (χ1n) is 3.67. The second-order valence-corrected chi connectivity index (χ2v) is 2.47. The molecule has 0 radical (unpaired) electrons. The first-order valence-corrected chi connectivity index (χ1v) is 3.67. The molecule has 0 fully saturated rings. The molecule has 0 bridgehead atoms. The number of hydrazine groups is 1. The number of Topliss-reactive ketones (excluding diaryl/α,β-unsaturated/α-hetero) is 1. The summed E-state index contributed by atoms with van der Waals surface area (Å²) < 4.78 is 12.6. The van der Waals surface area contributed by atoms with Crippen molar-refractivity contribution in [2.24, 2.45) is 11.7 Å². The molecule has 7 heteroatoms. The van der Waals surface area contributed by atoms with Crippen LogP contribution in [0.4, 0.5) is 10.1 Å². The smallest absolute Gasteiger partial charge is 0.296 e. The van der Waals surface area contributed by atoms with Gasteiger partial charge in [-0.15, -0.1) is 0 Å². The highest BCUT2D eigenvalue weighted by Gasteiger charge is 2.27. The highest BCUT2D eigenvalue weighted by Crippen LogP contribution is 2.22. The number of halogens is 1. The molecule has 0 aromatic heterocycles. The molecule has 0 saturated carbocycles. The van der Waals surface area contributed by atoms with E-state index in [1.807, 2.05) is 0 Å². The van der Waals surface area contributed by atoms with Gasteiger partial charge in [0.25, 0.3) is 11.7 Å². The van der Waals surface area contributed by atoms with Crippen molar-refractivity contribution in [3.63, 3.8) is 0 Å². The summed E-state index contributed by atoms with van der Waals surface area (Å²) in [6.45, 7) is 0. The Bertz CT molecular complexity index is 395. The van der Waals surface area contributed by atoms with Gasteiger partial charge in [0, 0.05) is 0 Å². The summed E-state index contributed by atoms with van der Waals surface area (Å²) in [6.07, 6.45) is 0. The van der Waals surface area contributed by atoms with Crippen LogP contribution in [0.2, 0.25) is 0 Å². The molecule has 0 atom stereocenters. The molecule has 1 heterocycles. The number of carbonyl (C=O) groups is 2. The van der Waals surface area contributed by atoms with E-state index < -0.39 is 17.5 Å². The maximum Gasteiger partial charge on any atom is 0.296 e. The van der Waals surface area contributed by atoms with E-state index in [1.54, 1.807) is 0 Å². The largest absolute Gasteiger partial charge is 0.412 e. The van der Waals surface area contributed by atoms with Gasteiger partial charge in [0.05, 0.1) is 11.3 Å². The van der Waals surface area contributed by atoms with Gasteiger partial charge in [-0.2, -0.15) is 0 Å². The predicted octanol–water partition coefficient (Wildman–Crippen LogP) is -1.05. The number of nitrogens with one attached hydrogen (secondary N) is 1. The molecule has 0 saturated heterocycles. The molecule has 1 aromatic carbocycles. The summed E-state index contributed by atoms with van der Waals surface area (Å²) in [6, 6.07) is 3.61. The lowest BCUT2D eigenvalue weighted by Crippen LogP contribution is -2.12. The third-order valence-electron chi connectivity index (χ3n) is 1.68. The Morgan fingerprint density at radius 2 is 1.80 bits per heavy atom. The summed E-state index contributed by atoms with van der Waals surface area (Å²) in [5.41, 5.74) is 0.492. The van der Waals surface area contributed by atoms with Gasteiger partial charge in [0.1, 0.15) is 5.82 Å². The fraction of sp³-hybridized carbons (Fsp3) is 0. The normalized spacial score (nSPS) is 11.9. The van der Waals surface area contributed by atoms with Crippen molar-refractivity contribution >= 4 is 17.4 Å². The number of carbonyl (C=O) groups excluding carboxylic acids is 2. The van der Waals surface area contributed by atoms with Crippen LogP contribution in [0.25, 0.3) is 0 Å². The van der Waals surface area contributed by atoms with Crippen molar-refractivity contribution in [2.45, 2.75) is 0 Å². The van der Waals surface area contributed by atoms with Crippen LogP contribution in [0.5, 0.6) is 0 Å². The Balaban J connectivity index is 0.000000617. The summed E-state index contributed by atoms with van der Waals surface area (Å²) in [5, 5.41) is 2.32. The van der Waals surface area contributed by atoms with Crippen molar-refractivity contribution < 1.29 is 19.5 Å². The minimum Gasteiger partial charge on any atom is -0.412 e. The van der Waals surface area contributed by atoms with Crippen molar-refractivity contribution in [3.8, 4) is 0 Å². The molecule has 0 spiro atoms. The van der Waals surface area contributed by atoms with Crippen molar-refractivity contribution in [1.29, 1.82) is 0 Å². The second-order valence-electron chi connectivity index (χ2n) is 2.47. The van der Waals surface area contributed by atoms with Gasteiger partial charge in [-0.25, -0.2) is 4.39 Å². The van der Waals surface area contributed by atoms with Gasteiger partial charge < -0.3 is 10.8 Å². The Kier molecular flexibility index (Phi) is 4.52. The van der Waals surface area contributed by atoms with Gasteiger partial charge in [-0.05, 0) is 18.2 Å². The van der Waals surface area contributed by atoms with Gasteiger partial charge in [-0.3, -0.25) is 21.3 Å². The Hall–Kier alpha value is -1.83. The van der Waals surface area contributed by atoms with Crippen LogP contribution in [0.1, 0.15) is 10.4 Å². The molecule has 2 rings (SSSR count). The lowest BCUT2D eigenvalue weighted by molar-refractivity contribution is -0.112. The molecule has 1 amide bonds. The van der Waals surface area contributed by atoms with E-state index >= 15 is 0 Å². The molecule has 6 nitrogen and oxygen atoms in total. The van der Waals surface area contributed by atoms with E-state index in [0.717, 1.165) is 6.07 Å². The molecule has 0 aliphatic carbocycles. The zero-order chi connectivity index (χ0) is 10.7. The average Bonchev–Trinajstić information content (AvgIpc) is 2.48. The molecule has 1 aliphatic heterocycles. The first-order chi connectivity index (χ1) is 6.68. The van der Waals surface area contributed by atoms with Crippen LogP contribution in [-0.2, 0) is 4.79 Å². The van der Waals surface area contributed by atoms with E-state index in [1.165, 1.54) is 12.1 Å². The van der Waals surface area contributed by atoms with Gasteiger partial charge >= 0.3 is 0 Å². The van der Waals surface area contributed by atoms with Crippen LogP contribution in [0, 0.1) is 5.82 Å². The molecule has 82 valence electrons. The molecule has 1 aromatic rings. The number of ketones is 1. The van der Waals surface area contributed by atoms with E-state index in [0.29, 0.717) is 5.69 Å². The topological polar surface area (TPSA) is 130 Å². The SMILES string of the molecule is NN.O.O=C1Nc2ccc(F)cc2C1=O. The highest BCUT2D eigenvalue weighted by molar-refractivity contribution is 6.51. The summed E-state index contributed by atoms with van der Waals surface area (Å²) >= 11 is 0. The predicted molar refractivity (Wildman–Crippen MR) is 51.3 cm³/mol. The number of amides is 1. The van der Waals surface area contributed by atoms with E-state index in [-0.39, 0.29) is 11.0 Å². The van der Waals surface area contributed by atoms with Crippen LogP contribution in [-0.4, -0.2) is 17.2 Å². The number of rotatable bonds is 0. The fourth-order valence-corrected chi connectivity index (χ4v) is 1.11. The molecule has 1 aliphatic rings. The molecule has 0 unspecified atom stereocenters. The quantitative estimate of drug-likeness (QED) is 0.289. The average molecular weight is 215 g/mol. The fourth-order valence-electron chi connectivity index (χ4n) is 1.11. The third-order valence-corrected chi connectivity index (χ3v) is 1.68. The standard InChI is InChI=1S/C8H4FNO2.H4N2.H2O/c9-4-1-2-6-5(3-4)7(11)8(12)10-6;1-2;/h1-3H,(H,10,11,12);1-2H2;1H2. The monoisotopic (exact) mass is 215 g/mol. The summed E-state index contributed by atoms with van der Waals surface area (Å²) in [7, 11) is 0. The molecule has 15 heavy (non-hydrogen) atoms. The third kappa shape index (κ3) is 2.34. The van der Waals surface area contributed by atoms with Crippen molar-refractivity contribution in [1.82, 2.24) is 0 Å². The van der Waals surface area contributed by atoms with Gasteiger partial charge in [-0.1, -0.05) is 0 Å². The number of hydrogen-bond donors (Lipinski definition) is 3. The maximum absolute atomic E-state index is 12.6. The minimum atomic E-state index is -0.699. The molecular weight excluding hydrogens is 205 g/mol. The van der Waals surface area contributed by atoms with Crippen LogP contribution < -0.4 is 17.0 Å². The number of anilines is 1. The number of hydrogen-bond acceptors (Lipinski definition) is 4. The van der Waals surface area contributed by atoms with E-state index in [4.69, 9.17) is 0 Å². The van der Waals surface area contributed by atoms with Crippen LogP contribution >= 0.6 is 0 Å². The highest BCUT2D eigenvalue weighted by atomic mass is 19.1. The van der Waals surface area contributed by atoms with Crippen molar-refractivity contribution in [2.75, 3.05) is 5.32 Å². The Morgan fingerprint density at radius 1 is 1.20 bits per heavy atom. The number of benzene rings is 1. The van der Waals surface area contributed by atoms with Gasteiger partial charge in [0.15, 0.2) is 0 Å². The molecular formula is C8H10FN3O3. The first kappa shape index (κ1) is 13.2. The lowest BCUT2D eigenvalue weighted by atomic mass is 10.1. The van der Waals surface area contributed by atoms with Crippen LogP contribution in [0.3, 0.4) is 0 Å². The zero-order valence-electron chi connectivity index (χ0n) is 7.58. The lowest BCUT2D eigenvalue weighted by Gasteiger charge is -1.94. The van der Waals surface area contributed by atoms with E-state index in [9.17, 15) is 14.0 Å².